The number of likely N-dealkylation sites (tertiary alicyclic amines) is 1. The molecule has 3 fully saturated rings. The molecule has 1 amide bonds. The van der Waals surface area contributed by atoms with Crippen molar-refractivity contribution in [3.05, 3.63) is 125 Å². The lowest BCUT2D eigenvalue weighted by atomic mass is 9.96. The summed E-state index contributed by atoms with van der Waals surface area (Å²) in [5.74, 6) is -1.81. The summed E-state index contributed by atoms with van der Waals surface area (Å²) in [5, 5.41) is 14.4. The van der Waals surface area contributed by atoms with Gasteiger partial charge in [-0.05, 0) is 191 Å². The van der Waals surface area contributed by atoms with E-state index in [-0.39, 0.29) is 98.5 Å². The van der Waals surface area contributed by atoms with Crippen LogP contribution in [0.4, 0.5) is 26.3 Å². The first-order valence-corrected chi connectivity index (χ1v) is 40.6. The highest BCUT2D eigenvalue weighted by Crippen LogP contribution is 2.82. The molecule has 0 atom stereocenters. The monoisotopic (exact) mass is 1580 g/mol. The molecule has 102 heavy (non-hydrogen) atoms. The van der Waals surface area contributed by atoms with E-state index in [1.165, 1.54) is 16.7 Å². The number of pyridine rings is 2. The number of aryl methyl sites for hydroxylation is 4. The quantitative estimate of drug-likeness (QED) is 0.0435. The molecule has 33 heteroatoms. The zero-order valence-electron chi connectivity index (χ0n) is 60.0. The summed E-state index contributed by atoms with van der Waals surface area (Å²) in [6.07, 6.45) is -3.97. The number of carbonyl (C=O) groups is 4. The van der Waals surface area contributed by atoms with Crippen molar-refractivity contribution >= 4 is 115 Å². The lowest BCUT2D eigenvalue weighted by Crippen LogP contribution is -2.40. The van der Waals surface area contributed by atoms with E-state index in [0.29, 0.717) is 120 Å². The lowest BCUT2D eigenvalue weighted by molar-refractivity contribution is -0.150. The van der Waals surface area contributed by atoms with Gasteiger partial charge in [0.05, 0.1) is 64.7 Å². The van der Waals surface area contributed by atoms with Gasteiger partial charge >= 0.3 is 53.0 Å². The molecule has 568 valence electrons. The Labute approximate surface area is 613 Å². The standard InChI is InChI=1S/C26H26Cl2F3N3O3.C18H13Cl2F3N2O2.C9H21O6P3.C8H15NO2.C8H19N/c1-4-37-25(36)15-7-9-34(10-8-15)24(35)17-5-6-20(27)19(22(17)28)13-16-12-18-14(2)11-21(26(29,30)31)32-23(18)33(16)3;1-8-5-14(18(21,22)23)24-16-11(8)6-9(25(16)2)7-12-13(19)4-3-10(15(12)20)17(26)27;1-4-7-16(10)13-17(11,8-5-2)15-18(12,14-16)9-6-3;1-2-11-8(10)7-3-5-9-6-4-7;1-6-9(7(2)3)8(4)5/h5-6,11-12,15H,4,7-10,13H2,1-3H3;3-6H,7H2,1-2H3,(H,26,27);4-9H2,1-3H3;7,9H,2-6H2,1H3;7-8H,6H2,1-5H3. The average molecular weight is 1580 g/mol. The van der Waals surface area contributed by atoms with Crippen molar-refractivity contribution in [3.8, 4) is 0 Å². The van der Waals surface area contributed by atoms with Crippen LogP contribution in [-0.2, 0) is 85.0 Å². The highest BCUT2D eigenvalue weighted by molar-refractivity contribution is 7.80. The van der Waals surface area contributed by atoms with E-state index in [1.54, 1.807) is 89.4 Å². The number of piperidine rings is 2. The van der Waals surface area contributed by atoms with Crippen LogP contribution >= 0.6 is 69.2 Å². The molecule has 0 radical (unpaired) electrons. The number of carboxylic acid groups (broad SMARTS) is 1. The van der Waals surface area contributed by atoms with E-state index in [4.69, 9.17) is 68.8 Å². The van der Waals surface area contributed by atoms with Crippen molar-refractivity contribution in [2.45, 2.75) is 165 Å². The van der Waals surface area contributed by atoms with Crippen molar-refractivity contribution in [1.29, 1.82) is 0 Å². The highest BCUT2D eigenvalue weighted by atomic mass is 35.5. The van der Waals surface area contributed by atoms with Crippen LogP contribution in [0.2, 0.25) is 20.1 Å². The number of hydrogen-bond donors (Lipinski definition) is 2. The first kappa shape index (κ1) is 87.6. The van der Waals surface area contributed by atoms with E-state index in [9.17, 15) is 64.3 Å². The molecule has 20 nitrogen and oxygen atoms in total. The number of carbonyl (C=O) groups excluding carboxylic acids is 3. The molecular weight excluding hydrogens is 1480 g/mol. The summed E-state index contributed by atoms with van der Waals surface area (Å²) < 4.78 is 144. The van der Waals surface area contributed by atoms with Gasteiger partial charge in [-0.25, -0.2) is 27.7 Å². The molecule has 0 bridgehead atoms. The predicted molar refractivity (Wildman–Crippen MR) is 388 cm³/mol. The molecule has 9 rings (SSSR count). The minimum Gasteiger partial charge on any atom is -0.478 e. The molecule has 7 heterocycles. The minimum atomic E-state index is -4.56. The van der Waals surface area contributed by atoms with E-state index in [2.05, 4.69) is 54.8 Å². The molecular formula is C69H94Cl4F6N7O13P3. The van der Waals surface area contributed by atoms with E-state index < -0.39 is 52.5 Å². The Morgan fingerprint density at radius 3 is 1.29 bits per heavy atom. The number of benzene rings is 2. The van der Waals surface area contributed by atoms with Gasteiger partial charge in [-0.2, -0.15) is 26.3 Å². The number of carboxylic acids is 1. The number of alkyl halides is 6. The maximum atomic E-state index is 13.3. The number of rotatable bonds is 19. The summed E-state index contributed by atoms with van der Waals surface area (Å²) in [4.78, 5) is 59.4. The topological polar surface area (TPSA) is 240 Å². The Kier molecular flexibility index (Phi) is 33.0. The second-order valence-electron chi connectivity index (χ2n) is 25.3. The molecule has 0 unspecified atom stereocenters. The number of hydrogen-bond acceptors (Lipinski definition) is 16. The van der Waals surface area contributed by atoms with Gasteiger partial charge in [-0.15, -0.1) is 0 Å². The fourth-order valence-electron chi connectivity index (χ4n) is 11.9. The first-order valence-electron chi connectivity index (χ1n) is 33.9. The van der Waals surface area contributed by atoms with Crippen LogP contribution in [0, 0.1) is 25.7 Å². The number of amides is 1. The lowest BCUT2D eigenvalue weighted by Gasteiger charge is -2.33. The van der Waals surface area contributed by atoms with Crippen LogP contribution in [0.5, 0.6) is 0 Å². The summed E-state index contributed by atoms with van der Waals surface area (Å²) in [7, 11) is -7.48. The molecule has 0 aliphatic carbocycles. The number of esters is 2. The summed E-state index contributed by atoms with van der Waals surface area (Å²) in [5.41, 5.74) is 1.66. The van der Waals surface area contributed by atoms with Crippen molar-refractivity contribution in [2.75, 3.05) is 64.4 Å². The Bertz CT molecular complexity index is 3960. The minimum absolute atomic E-state index is 0.000850. The van der Waals surface area contributed by atoms with Crippen molar-refractivity contribution in [3.63, 3.8) is 0 Å². The smallest absolute Gasteiger partial charge is 0.433 e. The maximum Gasteiger partial charge on any atom is 0.433 e. The number of halogens is 10. The molecule has 0 saturated carbocycles. The average Bonchev–Trinajstić information content (AvgIpc) is 1.46. The van der Waals surface area contributed by atoms with Gasteiger partial charge in [0.1, 0.15) is 22.7 Å². The number of nitrogens with zero attached hydrogens (tertiary/aromatic N) is 6. The maximum absolute atomic E-state index is 13.3. The summed E-state index contributed by atoms with van der Waals surface area (Å²) in [6, 6.07) is 12.8. The van der Waals surface area contributed by atoms with Gasteiger partial charge in [0.15, 0.2) is 0 Å². The second-order valence-corrected chi connectivity index (χ2v) is 33.8. The third-order valence-electron chi connectivity index (χ3n) is 17.0. The predicted octanol–water partition coefficient (Wildman–Crippen LogP) is 19.2. The second kappa shape index (κ2) is 38.5. The SMILES string of the molecule is CCCP1(=O)OP(=O)(CCC)OP(=O)(CCC)O1.CCN(C(C)C)C(C)C.CCOC(=O)C1CCN(C(=O)c2ccc(Cl)c(Cc3cc4c(C)cc(C(F)(F)F)nc4n3C)c2Cl)CC1.CCOC(=O)C1CCNCC1.Cc1cc(C(F)(F)F)nc2c1cc(Cc1c(Cl)ccc(C(=O)O)c1Cl)n2C. The number of fused-ring (bicyclic) bond motifs is 2. The normalized spacial score (nSPS) is 19.0. The largest absolute Gasteiger partial charge is 0.478 e. The zero-order valence-corrected chi connectivity index (χ0v) is 65.7. The fourth-order valence-corrected chi connectivity index (χ4v) is 22.4. The third-order valence-corrected chi connectivity index (χ3v) is 27.6. The van der Waals surface area contributed by atoms with Crippen LogP contribution in [0.1, 0.15) is 180 Å². The van der Waals surface area contributed by atoms with Crippen molar-refractivity contribution in [1.82, 2.24) is 34.2 Å². The van der Waals surface area contributed by atoms with Gasteiger partial charge < -0.3 is 33.9 Å². The van der Waals surface area contributed by atoms with E-state index in [0.717, 1.165) is 44.6 Å². The molecule has 3 aliphatic heterocycles. The molecule has 4 aromatic heterocycles. The van der Waals surface area contributed by atoms with Crippen LogP contribution in [0.25, 0.3) is 22.1 Å². The Morgan fingerprint density at radius 1 is 0.608 bits per heavy atom. The molecule has 0 spiro atoms. The van der Waals surface area contributed by atoms with Gasteiger partial charge in [0, 0.05) is 84.3 Å². The molecule has 2 N–H and O–H groups in total. The van der Waals surface area contributed by atoms with Crippen LogP contribution < -0.4 is 5.32 Å². The van der Waals surface area contributed by atoms with Crippen LogP contribution in [0.15, 0.2) is 48.5 Å². The van der Waals surface area contributed by atoms with Gasteiger partial charge in [-0.3, -0.25) is 33.0 Å². The van der Waals surface area contributed by atoms with Crippen molar-refractivity contribution < 1.29 is 86.7 Å². The number of aromatic carboxylic acids is 1. The van der Waals surface area contributed by atoms with Crippen molar-refractivity contribution in [2.24, 2.45) is 25.9 Å². The number of ether oxygens (including phenoxy) is 2. The Morgan fingerprint density at radius 2 is 0.971 bits per heavy atom. The van der Waals surface area contributed by atoms with E-state index >= 15 is 0 Å². The zero-order chi connectivity index (χ0) is 76.6. The fraction of sp³-hybridized carbons (Fsp3) is 0.565. The molecule has 2 aromatic carbocycles. The third kappa shape index (κ3) is 23.5. The molecule has 3 aliphatic rings. The molecule has 6 aromatic rings. The number of aromatic nitrogens is 4. The Balaban J connectivity index is 0.000000251. The number of nitrogens with one attached hydrogen (secondary N) is 1. The van der Waals surface area contributed by atoms with Gasteiger partial charge in [0.2, 0.25) is 0 Å². The Hall–Kier alpha value is -5.07. The van der Waals surface area contributed by atoms with Gasteiger partial charge in [-0.1, -0.05) is 74.1 Å². The molecule has 3 saturated heterocycles. The summed E-state index contributed by atoms with van der Waals surface area (Å²) in [6.45, 7) is 28.0. The first-order chi connectivity index (χ1) is 47.7. The summed E-state index contributed by atoms with van der Waals surface area (Å²) >= 11 is 25.5. The van der Waals surface area contributed by atoms with Crippen LogP contribution in [0.3, 0.4) is 0 Å². The highest BCUT2D eigenvalue weighted by Gasteiger charge is 2.51. The van der Waals surface area contributed by atoms with E-state index in [1.807, 2.05) is 6.92 Å². The van der Waals surface area contributed by atoms with Crippen LogP contribution in [-0.4, -0.2) is 134 Å². The van der Waals surface area contributed by atoms with Gasteiger partial charge in [0.25, 0.3) is 5.91 Å².